The van der Waals surface area contributed by atoms with Gasteiger partial charge in [-0.25, -0.2) is 0 Å². The van der Waals surface area contributed by atoms with Crippen LogP contribution in [0.15, 0.2) is 23.1 Å². The van der Waals surface area contributed by atoms with Crippen molar-refractivity contribution in [3.8, 4) is 0 Å². The first-order valence-corrected chi connectivity index (χ1v) is 6.17. The van der Waals surface area contributed by atoms with Gasteiger partial charge < -0.3 is 5.73 Å². The van der Waals surface area contributed by atoms with E-state index in [4.69, 9.17) is 28.9 Å². The highest BCUT2D eigenvalue weighted by Crippen LogP contribution is 2.23. The lowest BCUT2D eigenvalue weighted by Gasteiger charge is -2.07. The van der Waals surface area contributed by atoms with Gasteiger partial charge in [0.05, 0.1) is 20.7 Å². The molecule has 2 atom stereocenters. The molecule has 0 aromatic heterocycles. The third kappa shape index (κ3) is 3.24. The van der Waals surface area contributed by atoms with Gasteiger partial charge in [0.25, 0.3) is 0 Å². The van der Waals surface area contributed by atoms with E-state index in [1.807, 2.05) is 0 Å². The molecule has 0 radical (unpaired) electrons. The van der Waals surface area contributed by atoms with Gasteiger partial charge in [0.1, 0.15) is 0 Å². The fourth-order valence-electron chi connectivity index (χ4n) is 0.980. The number of halogens is 2. The highest BCUT2D eigenvalue weighted by Gasteiger charge is 2.10. The minimum absolute atomic E-state index is 0.120. The van der Waals surface area contributed by atoms with E-state index in [0.717, 1.165) is 0 Å². The number of rotatable bonds is 3. The Morgan fingerprint density at radius 1 is 1.50 bits per heavy atom. The Morgan fingerprint density at radius 3 is 2.71 bits per heavy atom. The topological polar surface area (TPSA) is 43.1 Å². The van der Waals surface area contributed by atoms with Gasteiger partial charge in [0, 0.05) is 16.8 Å². The third-order valence-corrected chi connectivity index (χ3v) is 3.89. The van der Waals surface area contributed by atoms with Crippen molar-refractivity contribution in [3.63, 3.8) is 0 Å². The summed E-state index contributed by atoms with van der Waals surface area (Å²) in [4.78, 5) is 0.552. The normalized spacial score (nSPS) is 15.1. The van der Waals surface area contributed by atoms with Gasteiger partial charge >= 0.3 is 0 Å². The van der Waals surface area contributed by atoms with Crippen LogP contribution in [0.3, 0.4) is 0 Å². The zero-order valence-corrected chi connectivity index (χ0v) is 9.99. The molecule has 14 heavy (non-hydrogen) atoms. The molecule has 2 unspecified atom stereocenters. The predicted octanol–water partition coefficient (Wildman–Crippen LogP) is 2.45. The van der Waals surface area contributed by atoms with Crippen LogP contribution < -0.4 is 5.73 Å². The highest BCUT2D eigenvalue weighted by atomic mass is 35.5. The zero-order chi connectivity index (χ0) is 10.7. The molecule has 0 fully saturated rings. The van der Waals surface area contributed by atoms with E-state index in [1.54, 1.807) is 25.1 Å². The van der Waals surface area contributed by atoms with Crippen LogP contribution >= 0.6 is 23.2 Å². The largest absolute Gasteiger partial charge is 0.327 e. The molecule has 0 heterocycles. The van der Waals surface area contributed by atoms with Crippen molar-refractivity contribution >= 4 is 34.0 Å². The maximum atomic E-state index is 11.7. The van der Waals surface area contributed by atoms with Crippen molar-refractivity contribution < 1.29 is 4.21 Å². The summed E-state index contributed by atoms with van der Waals surface area (Å²) < 4.78 is 11.7. The molecule has 0 amide bonds. The summed E-state index contributed by atoms with van der Waals surface area (Å²) in [5, 5.41) is 0.996. The van der Waals surface area contributed by atoms with Crippen molar-refractivity contribution in [1.29, 1.82) is 0 Å². The summed E-state index contributed by atoms with van der Waals surface area (Å²) in [7, 11) is -1.18. The lowest BCUT2D eigenvalue weighted by atomic mass is 10.4. The van der Waals surface area contributed by atoms with E-state index in [-0.39, 0.29) is 6.04 Å². The Hall–Kier alpha value is -0.0900. The number of nitrogens with two attached hydrogens (primary N) is 1. The van der Waals surface area contributed by atoms with Crippen LogP contribution in [0.5, 0.6) is 0 Å². The maximum Gasteiger partial charge on any atom is 0.0589 e. The van der Waals surface area contributed by atoms with Crippen LogP contribution in [0, 0.1) is 0 Å². The Bertz CT molecular complexity index is 355. The molecule has 1 aromatic carbocycles. The minimum atomic E-state index is -1.18. The Kier molecular flexibility index (Phi) is 4.38. The molecule has 2 N–H and O–H groups in total. The first-order chi connectivity index (χ1) is 6.50. The number of hydrogen-bond acceptors (Lipinski definition) is 2. The average molecular weight is 252 g/mol. The maximum absolute atomic E-state index is 11.7. The first-order valence-electron chi connectivity index (χ1n) is 4.09. The van der Waals surface area contributed by atoms with Crippen molar-refractivity contribution in [1.82, 2.24) is 0 Å². The second-order valence-corrected chi connectivity index (χ2v) is 5.37. The van der Waals surface area contributed by atoms with Crippen molar-refractivity contribution in [2.75, 3.05) is 5.75 Å². The fourth-order valence-corrected chi connectivity index (χ4v) is 2.79. The summed E-state index contributed by atoms with van der Waals surface area (Å²) in [6.45, 7) is 1.80. The molecule has 5 heteroatoms. The Labute approximate surface area is 95.8 Å². The van der Waals surface area contributed by atoms with Crippen LogP contribution in [0.25, 0.3) is 0 Å². The van der Waals surface area contributed by atoms with E-state index in [0.29, 0.717) is 20.7 Å². The molecule has 0 aliphatic heterocycles. The molecule has 0 saturated carbocycles. The summed E-state index contributed by atoms with van der Waals surface area (Å²) >= 11 is 11.7. The van der Waals surface area contributed by atoms with Gasteiger partial charge in [-0.05, 0) is 25.1 Å². The van der Waals surface area contributed by atoms with E-state index in [9.17, 15) is 4.21 Å². The van der Waals surface area contributed by atoms with Gasteiger partial charge in [0.2, 0.25) is 0 Å². The molecular formula is C9H11Cl2NOS. The van der Waals surface area contributed by atoms with Crippen LogP contribution in [-0.2, 0) is 10.8 Å². The first kappa shape index (κ1) is 12.0. The van der Waals surface area contributed by atoms with Crippen molar-refractivity contribution in [2.24, 2.45) is 5.73 Å². The van der Waals surface area contributed by atoms with E-state index < -0.39 is 10.8 Å². The molecule has 0 bridgehead atoms. The van der Waals surface area contributed by atoms with Gasteiger partial charge in [-0.3, -0.25) is 4.21 Å². The Morgan fingerprint density at radius 2 is 2.14 bits per heavy atom. The van der Waals surface area contributed by atoms with Gasteiger partial charge in [-0.2, -0.15) is 0 Å². The quantitative estimate of drug-likeness (QED) is 0.897. The number of hydrogen-bond donors (Lipinski definition) is 1. The molecular weight excluding hydrogens is 241 g/mol. The predicted molar refractivity (Wildman–Crippen MR) is 61.4 cm³/mol. The summed E-state index contributed by atoms with van der Waals surface area (Å²) in [5.41, 5.74) is 5.55. The van der Waals surface area contributed by atoms with E-state index in [2.05, 4.69) is 0 Å². The number of benzene rings is 1. The second-order valence-electron chi connectivity index (χ2n) is 3.06. The van der Waals surface area contributed by atoms with Crippen LogP contribution in [0.4, 0.5) is 0 Å². The van der Waals surface area contributed by atoms with Crippen molar-refractivity contribution in [3.05, 3.63) is 28.2 Å². The van der Waals surface area contributed by atoms with Gasteiger partial charge in [-0.15, -0.1) is 0 Å². The Balaban J connectivity index is 2.94. The second kappa shape index (κ2) is 5.12. The van der Waals surface area contributed by atoms with E-state index in [1.165, 1.54) is 0 Å². The van der Waals surface area contributed by atoms with E-state index >= 15 is 0 Å². The molecule has 78 valence electrons. The average Bonchev–Trinajstić information content (AvgIpc) is 2.08. The van der Waals surface area contributed by atoms with Gasteiger partial charge in [-0.1, -0.05) is 23.2 Å². The van der Waals surface area contributed by atoms with Crippen molar-refractivity contribution in [2.45, 2.75) is 17.9 Å². The molecule has 0 aliphatic carbocycles. The highest BCUT2D eigenvalue weighted by molar-refractivity contribution is 7.85. The van der Waals surface area contributed by atoms with Gasteiger partial charge in [0.15, 0.2) is 0 Å². The summed E-state index contributed by atoms with van der Waals surface area (Å²) in [6, 6.07) is 4.79. The fraction of sp³-hybridized carbons (Fsp3) is 0.333. The molecule has 0 saturated heterocycles. The smallest absolute Gasteiger partial charge is 0.0589 e. The minimum Gasteiger partial charge on any atom is -0.327 e. The lowest BCUT2D eigenvalue weighted by molar-refractivity contribution is 0.676. The molecule has 0 aliphatic rings. The van der Waals surface area contributed by atoms with Crippen LogP contribution in [-0.4, -0.2) is 16.0 Å². The zero-order valence-electron chi connectivity index (χ0n) is 7.67. The lowest BCUT2D eigenvalue weighted by Crippen LogP contribution is -2.23. The summed E-state index contributed by atoms with van der Waals surface area (Å²) in [5.74, 6) is 0.389. The SMILES string of the molecule is CC(N)CS(=O)c1cc(Cl)ccc1Cl. The standard InChI is InChI=1S/C9H11Cl2NOS/c1-6(12)5-14(13)9-4-7(10)2-3-8(9)11/h2-4,6H,5,12H2,1H3. The molecule has 1 rings (SSSR count). The summed E-state index contributed by atoms with van der Waals surface area (Å²) in [6.07, 6.45) is 0. The van der Waals surface area contributed by atoms with Crippen LogP contribution in [0.1, 0.15) is 6.92 Å². The molecule has 1 aromatic rings. The third-order valence-electron chi connectivity index (χ3n) is 1.55. The monoisotopic (exact) mass is 251 g/mol. The molecule has 0 spiro atoms. The van der Waals surface area contributed by atoms with Crippen LogP contribution in [0.2, 0.25) is 10.0 Å². The molecule has 2 nitrogen and oxygen atoms in total.